The molecule has 0 heterocycles. The highest BCUT2D eigenvalue weighted by atomic mass is 31.2. The van der Waals surface area contributed by atoms with E-state index in [1.807, 2.05) is 0 Å². The van der Waals surface area contributed by atoms with Gasteiger partial charge in [-0.1, -0.05) is 110 Å². The third-order valence-electron chi connectivity index (χ3n) is 6.51. The smallest absolute Gasteiger partial charge is 0.462 e. The van der Waals surface area contributed by atoms with E-state index >= 15 is 0 Å². The number of esters is 2. The molecule has 0 aliphatic carbocycles. The maximum absolute atomic E-state index is 12.4. The van der Waals surface area contributed by atoms with Crippen molar-refractivity contribution in [3.8, 4) is 0 Å². The summed E-state index contributed by atoms with van der Waals surface area (Å²) < 4.78 is 32.3. The largest absolute Gasteiger partial charge is 0.472 e. The second-order valence-electron chi connectivity index (χ2n) is 10.5. The Kier molecular flexibility index (Phi) is 26.2. The number of aliphatic hydroxyl groups excluding tert-OH is 2. The standard InChI is InChI=1S/C29H57O10P/c1-3-5-7-9-11-13-15-17-19-21-29(33)39-27(25-38-40(34,35)37-23-26(31)22-30)24-36-28(32)20-18-16-14-12-10-8-6-4-2/h26-27,30-31H,3-25H2,1-2H3,(H,34,35). The number of hydrogen-bond donors (Lipinski definition) is 3. The van der Waals surface area contributed by atoms with Gasteiger partial charge < -0.3 is 24.6 Å². The van der Waals surface area contributed by atoms with Gasteiger partial charge >= 0.3 is 19.8 Å². The van der Waals surface area contributed by atoms with Gasteiger partial charge in [-0.25, -0.2) is 4.57 Å². The first kappa shape index (κ1) is 39.0. The van der Waals surface area contributed by atoms with E-state index in [-0.39, 0.29) is 19.4 Å². The molecule has 0 aromatic heterocycles. The maximum atomic E-state index is 12.4. The maximum Gasteiger partial charge on any atom is 0.472 e. The predicted molar refractivity (Wildman–Crippen MR) is 155 cm³/mol. The van der Waals surface area contributed by atoms with E-state index < -0.39 is 51.8 Å². The number of phosphoric acid groups is 1. The quantitative estimate of drug-likeness (QED) is 0.0504. The van der Waals surface area contributed by atoms with E-state index in [4.69, 9.17) is 19.1 Å². The lowest BCUT2D eigenvalue weighted by Crippen LogP contribution is -2.29. The molecule has 0 amide bonds. The highest BCUT2D eigenvalue weighted by molar-refractivity contribution is 7.47. The molecule has 0 bridgehead atoms. The van der Waals surface area contributed by atoms with Crippen molar-refractivity contribution >= 4 is 19.8 Å². The van der Waals surface area contributed by atoms with E-state index in [2.05, 4.69) is 18.4 Å². The fourth-order valence-corrected chi connectivity index (χ4v) is 4.84. The molecule has 0 aliphatic rings. The monoisotopic (exact) mass is 596 g/mol. The van der Waals surface area contributed by atoms with Crippen LogP contribution in [0, 0.1) is 0 Å². The van der Waals surface area contributed by atoms with Crippen LogP contribution in [-0.4, -0.2) is 65.7 Å². The summed E-state index contributed by atoms with van der Waals surface area (Å²) in [5, 5.41) is 18.1. The third-order valence-corrected chi connectivity index (χ3v) is 7.46. The molecule has 10 nitrogen and oxygen atoms in total. The molecule has 0 aromatic carbocycles. The van der Waals surface area contributed by atoms with Gasteiger partial charge in [0.2, 0.25) is 0 Å². The fraction of sp³-hybridized carbons (Fsp3) is 0.931. The topological polar surface area (TPSA) is 149 Å². The minimum atomic E-state index is -4.59. The summed E-state index contributed by atoms with van der Waals surface area (Å²) in [6, 6.07) is 0. The molecule has 0 spiro atoms. The molecule has 0 saturated carbocycles. The molecule has 40 heavy (non-hydrogen) atoms. The van der Waals surface area contributed by atoms with Crippen molar-refractivity contribution in [3.63, 3.8) is 0 Å². The minimum absolute atomic E-state index is 0.189. The summed E-state index contributed by atoms with van der Waals surface area (Å²) >= 11 is 0. The molecule has 0 saturated heterocycles. The van der Waals surface area contributed by atoms with Crippen molar-refractivity contribution < 1.29 is 47.8 Å². The van der Waals surface area contributed by atoms with Crippen LogP contribution in [0.15, 0.2) is 0 Å². The van der Waals surface area contributed by atoms with Gasteiger partial charge in [0, 0.05) is 12.8 Å². The Morgan fingerprint density at radius 3 is 1.55 bits per heavy atom. The zero-order valence-corrected chi connectivity index (χ0v) is 26.0. The molecule has 0 aromatic rings. The first-order valence-corrected chi connectivity index (χ1v) is 17.0. The number of phosphoric ester groups is 1. The van der Waals surface area contributed by atoms with Crippen molar-refractivity contribution in [2.75, 3.05) is 26.4 Å². The van der Waals surface area contributed by atoms with Crippen LogP contribution in [-0.2, 0) is 32.7 Å². The van der Waals surface area contributed by atoms with Crippen molar-refractivity contribution in [1.82, 2.24) is 0 Å². The first-order valence-electron chi connectivity index (χ1n) is 15.5. The Labute approximate surface area is 242 Å². The SMILES string of the molecule is CCCCCCCCCCCC(=O)OC(COC(=O)CCCCCCCCCC)COP(=O)(O)OCC(O)CO. The zero-order chi connectivity index (χ0) is 29.9. The number of carbonyl (C=O) groups excluding carboxylic acids is 2. The van der Waals surface area contributed by atoms with Gasteiger partial charge in [-0.2, -0.15) is 0 Å². The predicted octanol–water partition coefficient (Wildman–Crippen LogP) is 6.38. The molecule has 11 heteroatoms. The van der Waals surface area contributed by atoms with Gasteiger partial charge in [0.15, 0.2) is 6.10 Å². The van der Waals surface area contributed by atoms with Crippen LogP contribution < -0.4 is 0 Å². The van der Waals surface area contributed by atoms with Gasteiger partial charge in [-0.05, 0) is 12.8 Å². The Hall–Kier alpha value is -1.03. The summed E-state index contributed by atoms with van der Waals surface area (Å²) in [5.41, 5.74) is 0. The number of hydrogen-bond acceptors (Lipinski definition) is 9. The average Bonchev–Trinajstić information content (AvgIpc) is 2.93. The lowest BCUT2D eigenvalue weighted by atomic mass is 10.1. The zero-order valence-electron chi connectivity index (χ0n) is 25.1. The first-order chi connectivity index (χ1) is 19.2. The van der Waals surface area contributed by atoms with Crippen LogP contribution in [0.2, 0.25) is 0 Å². The number of carbonyl (C=O) groups is 2. The molecule has 238 valence electrons. The molecule has 3 unspecified atom stereocenters. The Balaban J connectivity index is 4.48. The lowest BCUT2D eigenvalue weighted by Gasteiger charge is -2.20. The summed E-state index contributed by atoms with van der Waals surface area (Å²) in [6.45, 7) is 2.28. The highest BCUT2D eigenvalue weighted by Crippen LogP contribution is 2.43. The number of unbranched alkanes of at least 4 members (excludes halogenated alkanes) is 15. The second-order valence-corrected chi connectivity index (χ2v) is 11.9. The van der Waals surface area contributed by atoms with Gasteiger partial charge in [0.1, 0.15) is 12.7 Å². The average molecular weight is 597 g/mol. The molecular weight excluding hydrogens is 539 g/mol. The van der Waals surface area contributed by atoms with E-state index in [1.165, 1.54) is 57.8 Å². The van der Waals surface area contributed by atoms with Crippen molar-refractivity contribution in [2.45, 2.75) is 148 Å². The molecule has 0 fully saturated rings. The normalized spacial score (nSPS) is 14.4. The van der Waals surface area contributed by atoms with Crippen LogP contribution in [0.25, 0.3) is 0 Å². The molecule has 0 rings (SSSR count). The van der Waals surface area contributed by atoms with E-state index in [0.717, 1.165) is 38.5 Å². The summed E-state index contributed by atoms with van der Waals surface area (Å²) in [6.07, 6.45) is 16.8. The van der Waals surface area contributed by atoms with Gasteiger partial charge in [-0.3, -0.25) is 18.6 Å². The number of rotatable bonds is 29. The van der Waals surface area contributed by atoms with Crippen LogP contribution in [0.1, 0.15) is 136 Å². The van der Waals surface area contributed by atoms with Gasteiger partial charge in [0.25, 0.3) is 0 Å². The van der Waals surface area contributed by atoms with E-state index in [1.54, 1.807) is 0 Å². The van der Waals surface area contributed by atoms with Crippen molar-refractivity contribution in [2.24, 2.45) is 0 Å². The highest BCUT2D eigenvalue weighted by Gasteiger charge is 2.27. The van der Waals surface area contributed by atoms with Crippen LogP contribution in [0.3, 0.4) is 0 Å². The second kappa shape index (κ2) is 26.8. The van der Waals surface area contributed by atoms with Crippen LogP contribution >= 0.6 is 7.82 Å². The summed E-state index contributed by atoms with van der Waals surface area (Å²) in [4.78, 5) is 34.4. The third kappa shape index (κ3) is 25.9. The number of aliphatic hydroxyl groups is 2. The molecule has 3 atom stereocenters. The Morgan fingerprint density at radius 1 is 0.650 bits per heavy atom. The Bertz CT molecular complexity index is 661. The lowest BCUT2D eigenvalue weighted by molar-refractivity contribution is -0.161. The van der Waals surface area contributed by atoms with Crippen molar-refractivity contribution in [3.05, 3.63) is 0 Å². The van der Waals surface area contributed by atoms with Crippen molar-refractivity contribution in [1.29, 1.82) is 0 Å². The van der Waals surface area contributed by atoms with Gasteiger partial charge in [-0.15, -0.1) is 0 Å². The number of ether oxygens (including phenoxy) is 2. The van der Waals surface area contributed by atoms with E-state index in [0.29, 0.717) is 12.8 Å². The Morgan fingerprint density at radius 2 is 1.07 bits per heavy atom. The van der Waals surface area contributed by atoms with E-state index in [9.17, 15) is 24.2 Å². The minimum Gasteiger partial charge on any atom is -0.462 e. The molecular formula is C29H57O10P. The molecule has 0 radical (unpaired) electrons. The fourth-order valence-electron chi connectivity index (χ4n) is 4.05. The van der Waals surface area contributed by atoms with Crippen LogP contribution in [0.4, 0.5) is 0 Å². The summed E-state index contributed by atoms with van der Waals surface area (Å²) in [5.74, 6) is -0.930. The van der Waals surface area contributed by atoms with Crippen LogP contribution in [0.5, 0.6) is 0 Å². The molecule has 3 N–H and O–H groups in total. The molecule has 0 aliphatic heterocycles. The van der Waals surface area contributed by atoms with Gasteiger partial charge in [0.05, 0.1) is 19.8 Å². The summed E-state index contributed by atoms with van der Waals surface area (Å²) in [7, 11) is -4.59.